The average Bonchev–Trinajstić information content (AvgIpc) is 2.91. The molecule has 1 aliphatic heterocycles. The van der Waals surface area contributed by atoms with Gasteiger partial charge in [0.2, 0.25) is 5.88 Å². The number of carbonyl (C=O) groups is 1. The summed E-state index contributed by atoms with van der Waals surface area (Å²) in [5, 5.41) is 25.3. The molecule has 2 atom stereocenters. The van der Waals surface area contributed by atoms with Crippen molar-refractivity contribution in [3.05, 3.63) is 99.5 Å². The maximum Gasteiger partial charge on any atom is 0.255 e. The third-order valence-electron chi connectivity index (χ3n) is 7.58. The molecule has 8 heteroatoms. The third kappa shape index (κ3) is 6.57. The summed E-state index contributed by atoms with van der Waals surface area (Å²) in [6.07, 6.45) is 0.990. The monoisotopic (exact) mass is 604 g/mol. The van der Waals surface area contributed by atoms with Gasteiger partial charge in [0.15, 0.2) is 0 Å². The number of hydrogen-bond acceptors (Lipinski definition) is 5. The first-order valence-corrected chi connectivity index (χ1v) is 14.6. The van der Waals surface area contributed by atoms with Crippen LogP contribution in [0.3, 0.4) is 0 Å². The van der Waals surface area contributed by atoms with Crippen molar-refractivity contribution in [1.82, 2.24) is 10.3 Å². The number of rotatable bonds is 7. The fourth-order valence-electron chi connectivity index (χ4n) is 5.55. The number of para-hydroxylation sites is 1. The number of benzene rings is 3. The van der Waals surface area contributed by atoms with Gasteiger partial charge in [0, 0.05) is 28.3 Å². The lowest BCUT2D eigenvalue weighted by molar-refractivity contribution is 0.0159. The van der Waals surface area contributed by atoms with Crippen LogP contribution >= 0.6 is 23.2 Å². The van der Waals surface area contributed by atoms with Crippen LogP contribution in [0.5, 0.6) is 11.6 Å². The number of aliphatic hydroxyl groups is 1. The number of pyridine rings is 1. The maximum atomic E-state index is 12.7. The Morgan fingerprint density at radius 1 is 1.07 bits per heavy atom. The molecule has 218 valence electrons. The van der Waals surface area contributed by atoms with Gasteiger partial charge in [0.25, 0.3) is 5.91 Å². The first-order chi connectivity index (χ1) is 19.8. The van der Waals surface area contributed by atoms with Crippen molar-refractivity contribution in [3.8, 4) is 34.0 Å². The number of phenolic OH excluding ortho intramolecular Hbond substituents is 1. The second kappa shape index (κ2) is 11.6. The Kier molecular flexibility index (Phi) is 8.26. The zero-order valence-corrected chi connectivity index (χ0v) is 25.6. The van der Waals surface area contributed by atoms with E-state index in [1.807, 2.05) is 26.8 Å². The zero-order chi connectivity index (χ0) is 30.2. The molecule has 0 bridgehead atoms. The van der Waals surface area contributed by atoms with E-state index in [1.54, 1.807) is 37.3 Å². The van der Waals surface area contributed by atoms with Gasteiger partial charge in [-0.25, -0.2) is 4.98 Å². The smallest absolute Gasteiger partial charge is 0.255 e. The van der Waals surface area contributed by atoms with Crippen molar-refractivity contribution < 1.29 is 19.7 Å². The van der Waals surface area contributed by atoms with Crippen LogP contribution in [0.25, 0.3) is 22.4 Å². The molecular weight excluding hydrogens is 571 g/mol. The van der Waals surface area contributed by atoms with Crippen molar-refractivity contribution in [2.24, 2.45) is 0 Å². The summed E-state index contributed by atoms with van der Waals surface area (Å²) in [6.45, 7) is 7.75. The lowest BCUT2D eigenvalue weighted by Gasteiger charge is -2.40. The number of aryl methyl sites for hydroxylation is 1. The number of nitrogens with zero attached hydrogens (tertiary/aromatic N) is 1. The quantitative estimate of drug-likeness (QED) is 0.199. The summed E-state index contributed by atoms with van der Waals surface area (Å²) >= 11 is 12.9. The molecule has 0 radical (unpaired) electrons. The van der Waals surface area contributed by atoms with Crippen LogP contribution in [0.4, 0.5) is 0 Å². The largest absolute Gasteiger partial charge is 0.507 e. The molecule has 1 aromatic heterocycles. The minimum absolute atomic E-state index is 0.00397. The van der Waals surface area contributed by atoms with E-state index in [2.05, 4.69) is 35.6 Å². The SMILES string of the molecule is Cc1ccc(-c2cc3c(nc2-c2ccc(Cl)cc2Cl)OC(C)(C)CC3CC(C)(O)CNC(=O)c2ccccc2O)cc1. The Bertz CT molecular complexity index is 1630. The van der Waals surface area contributed by atoms with Crippen LogP contribution in [0.1, 0.15) is 61.0 Å². The van der Waals surface area contributed by atoms with Gasteiger partial charge in [-0.1, -0.05) is 65.2 Å². The minimum Gasteiger partial charge on any atom is -0.507 e. The number of halogens is 2. The Balaban J connectivity index is 1.52. The third-order valence-corrected chi connectivity index (χ3v) is 8.13. The molecule has 42 heavy (non-hydrogen) atoms. The van der Waals surface area contributed by atoms with Gasteiger partial charge in [0.05, 0.1) is 21.9 Å². The van der Waals surface area contributed by atoms with E-state index < -0.39 is 17.1 Å². The number of nitrogens with one attached hydrogen (secondary N) is 1. The van der Waals surface area contributed by atoms with Gasteiger partial charge in [-0.15, -0.1) is 0 Å². The fraction of sp³-hybridized carbons (Fsp3) is 0.294. The Morgan fingerprint density at radius 3 is 2.48 bits per heavy atom. The van der Waals surface area contributed by atoms with Crippen molar-refractivity contribution in [3.63, 3.8) is 0 Å². The van der Waals surface area contributed by atoms with Crippen LogP contribution < -0.4 is 10.1 Å². The predicted octanol–water partition coefficient (Wildman–Crippen LogP) is 7.95. The van der Waals surface area contributed by atoms with Gasteiger partial charge < -0.3 is 20.3 Å². The summed E-state index contributed by atoms with van der Waals surface area (Å²) < 4.78 is 6.41. The van der Waals surface area contributed by atoms with Crippen molar-refractivity contribution in [2.45, 2.75) is 57.7 Å². The number of amides is 1. The topological polar surface area (TPSA) is 91.7 Å². The highest BCUT2D eigenvalue weighted by atomic mass is 35.5. The normalized spacial score (nSPS) is 17.1. The first kappa shape index (κ1) is 29.9. The maximum absolute atomic E-state index is 12.7. The summed E-state index contributed by atoms with van der Waals surface area (Å²) in [6, 6.07) is 22.0. The molecular formula is C34H34Cl2N2O4. The number of ether oxygens (including phenoxy) is 1. The van der Waals surface area contributed by atoms with E-state index in [-0.39, 0.29) is 23.8 Å². The number of phenols is 1. The molecule has 2 heterocycles. The molecule has 0 spiro atoms. The summed E-state index contributed by atoms with van der Waals surface area (Å²) in [5.41, 5.74) is 3.65. The first-order valence-electron chi connectivity index (χ1n) is 13.9. The van der Waals surface area contributed by atoms with Gasteiger partial charge in [-0.2, -0.15) is 0 Å². The fourth-order valence-corrected chi connectivity index (χ4v) is 6.05. The van der Waals surface area contributed by atoms with Crippen LogP contribution in [0.2, 0.25) is 10.0 Å². The standard InChI is InChI=1S/C34H34Cl2N2O4/c1-20-9-11-21(12-10-20)26-16-27-22(18-34(4,41)19-37-31(40)25-7-5-6-8-29(25)39)17-33(2,3)42-32(27)38-30(26)24-14-13-23(35)15-28(24)36/h5-16,22,39,41H,17-19H2,1-4H3,(H,37,40). The van der Waals surface area contributed by atoms with Gasteiger partial charge in [0.1, 0.15) is 11.4 Å². The Labute approximate surface area is 256 Å². The molecule has 2 unspecified atom stereocenters. The number of hydrogen-bond donors (Lipinski definition) is 3. The lowest BCUT2D eigenvalue weighted by Crippen LogP contribution is -2.44. The lowest BCUT2D eigenvalue weighted by atomic mass is 9.78. The number of aromatic nitrogens is 1. The predicted molar refractivity (Wildman–Crippen MR) is 168 cm³/mol. The molecule has 4 aromatic rings. The van der Waals surface area contributed by atoms with Crippen LogP contribution in [-0.4, -0.2) is 38.9 Å². The summed E-state index contributed by atoms with van der Waals surface area (Å²) in [5.74, 6) is -0.190. The second-order valence-electron chi connectivity index (χ2n) is 11.9. The molecule has 0 fully saturated rings. The molecule has 3 aromatic carbocycles. The van der Waals surface area contributed by atoms with E-state index >= 15 is 0 Å². The van der Waals surface area contributed by atoms with Gasteiger partial charge in [-0.3, -0.25) is 4.79 Å². The number of carbonyl (C=O) groups excluding carboxylic acids is 1. The Hall–Kier alpha value is -3.58. The van der Waals surface area contributed by atoms with Gasteiger partial charge in [-0.05, 0) is 88.4 Å². The zero-order valence-electron chi connectivity index (χ0n) is 24.0. The number of fused-ring (bicyclic) bond motifs is 1. The molecule has 1 aliphatic rings. The van der Waals surface area contributed by atoms with Crippen LogP contribution in [0.15, 0.2) is 72.8 Å². The molecule has 5 rings (SSSR count). The summed E-state index contributed by atoms with van der Waals surface area (Å²) in [7, 11) is 0. The number of aromatic hydroxyl groups is 1. The van der Waals surface area contributed by atoms with E-state index in [0.717, 1.165) is 27.8 Å². The van der Waals surface area contributed by atoms with Gasteiger partial charge >= 0.3 is 0 Å². The van der Waals surface area contributed by atoms with E-state index in [9.17, 15) is 15.0 Å². The molecule has 0 aliphatic carbocycles. The van der Waals surface area contributed by atoms with Crippen molar-refractivity contribution >= 4 is 29.1 Å². The molecule has 1 amide bonds. The van der Waals surface area contributed by atoms with E-state index in [4.69, 9.17) is 32.9 Å². The highest BCUT2D eigenvalue weighted by Gasteiger charge is 2.39. The van der Waals surface area contributed by atoms with E-state index in [0.29, 0.717) is 34.5 Å². The van der Waals surface area contributed by atoms with E-state index in [1.165, 1.54) is 6.07 Å². The highest BCUT2D eigenvalue weighted by molar-refractivity contribution is 6.36. The Morgan fingerprint density at radius 2 is 1.79 bits per heavy atom. The van der Waals surface area contributed by atoms with Crippen LogP contribution in [0, 0.1) is 6.92 Å². The van der Waals surface area contributed by atoms with Crippen molar-refractivity contribution in [2.75, 3.05) is 6.54 Å². The second-order valence-corrected chi connectivity index (χ2v) is 12.8. The molecule has 0 saturated heterocycles. The minimum atomic E-state index is -1.25. The highest BCUT2D eigenvalue weighted by Crippen LogP contribution is 2.47. The van der Waals surface area contributed by atoms with Crippen LogP contribution in [-0.2, 0) is 0 Å². The molecule has 3 N–H and O–H groups in total. The average molecular weight is 606 g/mol. The summed E-state index contributed by atoms with van der Waals surface area (Å²) in [4.78, 5) is 17.8. The van der Waals surface area contributed by atoms with Crippen molar-refractivity contribution in [1.29, 1.82) is 0 Å². The molecule has 6 nitrogen and oxygen atoms in total. The molecule has 0 saturated carbocycles.